The van der Waals surface area contributed by atoms with Gasteiger partial charge >= 0.3 is 5.97 Å². The van der Waals surface area contributed by atoms with E-state index < -0.39 is 11.8 Å². The Morgan fingerprint density at radius 3 is 2.75 bits per heavy atom. The zero-order valence-electron chi connectivity index (χ0n) is 15.6. The van der Waals surface area contributed by atoms with Crippen molar-refractivity contribution in [1.29, 1.82) is 0 Å². The lowest BCUT2D eigenvalue weighted by Crippen LogP contribution is -2.54. The van der Waals surface area contributed by atoms with Crippen molar-refractivity contribution in [2.75, 3.05) is 6.54 Å². The number of carbonyl (C=O) groups excluding carboxylic acids is 1. The topological polar surface area (TPSA) is 80.4 Å². The summed E-state index contributed by atoms with van der Waals surface area (Å²) in [6, 6.07) is 11.8. The first-order chi connectivity index (χ1) is 13.4. The lowest BCUT2D eigenvalue weighted by Gasteiger charge is -2.33. The van der Waals surface area contributed by atoms with Crippen LogP contribution in [-0.4, -0.2) is 23.4 Å². The lowest BCUT2D eigenvalue weighted by molar-refractivity contribution is -0.132. The predicted octanol–water partition coefficient (Wildman–Crippen LogP) is 4.17. The van der Waals surface area contributed by atoms with Crippen LogP contribution in [0.4, 0.5) is 5.69 Å². The van der Waals surface area contributed by atoms with Gasteiger partial charge in [0.1, 0.15) is 12.7 Å². The fraction of sp³-hybridized carbons (Fsp3) is 0.273. The number of nitrogens with two attached hydrogens (primary N) is 1. The van der Waals surface area contributed by atoms with Gasteiger partial charge in [-0.1, -0.05) is 35.9 Å². The first-order valence-corrected chi connectivity index (χ1v) is 9.82. The van der Waals surface area contributed by atoms with E-state index in [1.165, 1.54) is 17.3 Å². The molecular weight excluding hydrogens is 376 g/mol. The van der Waals surface area contributed by atoms with Crippen LogP contribution in [0.5, 0.6) is 0 Å². The molecule has 0 radical (unpaired) electrons. The third-order valence-electron chi connectivity index (χ3n) is 5.91. The predicted molar refractivity (Wildman–Crippen MR) is 109 cm³/mol. The Labute approximate surface area is 168 Å². The van der Waals surface area contributed by atoms with Crippen LogP contribution in [0.2, 0.25) is 5.02 Å². The number of carboxylic acid groups (broad SMARTS) is 1. The smallest absolute Gasteiger partial charge is 0.345 e. The number of halogens is 1. The normalized spacial score (nSPS) is 23.6. The van der Waals surface area contributed by atoms with Crippen LogP contribution in [0.25, 0.3) is 0 Å². The highest BCUT2D eigenvalue weighted by atomic mass is 35.5. The Kier molecular flexibility index (Phi) is 4.62. The van der Waals surface area contributed by atoms with Gasteiger partial charge in [-0.3, -0.25) is 4.79 Å². The summed E-state index contributed by atoms with van der Waals surface area (Å²) in [6.45, 7) is 2.24. The van der Waals surface area contributed by atoms with Gasteiger partial charge in [0.15, 0.2) is 11.3 Å². The molecule has 0 fully saturated rings. The van der Waals surface area contributed by atoms with Gasteiger partial charge < -0.3 is 5.11 Å². The van der Waals surface area contributed by atoms with E-state index in [1.807, 2.05) is 19.1 Å². The molecule has 5 nitrogen and oxygen atoms in total. The number of hydrogen-bond donors (Lipinski definition) is 2. The van der Waals surface area contributed by atoms with E-state index in [-0.39, 0.29) is 16.1 Å². The molecule has 6 heteroatoms. The summed E-state index contributed by atoms with van der Waals surface area (Å²) in [6.07, 6.45) is 4.30. The molecule has 0 saturated heterocycles. The first kappa shape index (κ1) is 18.9. The number of Topliss-reactive ketones (excluding diaryl/α,β-unsaturated/α-hetero) is 1. The van der Waals surface area contributed by atoms with E-state index in [4.69, 9.17) is 17.4 Å². The van der Waals surface area contributed by atoms with Crippen molar-refractivity contribution in [1.82, 2.24) is 4.59 Å². The Morgan fingerprint density at radius 1 is 1.29 bits per heavy atom. The number of hydrogen-bond acceptors (Lipinski definition) is 3. The fourth-order valence-electron chi connectivity index (χ4n) is 4.37. The molecule has 144 valence electrons. The van der Waals surface area contributed by atoms with Crippen LogP contribution in [0.3, 0.4) is 0 Å². The summed E-state index contributed by atoms with van der Waals surface area (Å²) in [4.78, 5) is 24.5. The number of quaternary nitrogens is 1. The highest BCUT2D eigenvalue weighted by Gasteiger charge is 2.40. The third kappa shape index (κ3) is 2.87. The summed E-state index contributed by atoms with van der Waals surface area (Å²) in [5.41, 5.74) is 3.94. The molecule has 1 unspecified atom stereocenters. The van der Waals surface area contributed by atoms with E-state index in [2.05, 4.69) is 12.1 Å². The zero-order valence-corrected chi connectivity index (χ0v) is 16.4. The number of fused-ring (bicyclic) bond motifs is 2. The number of aliphatic carboxylic acids is 1. The van der Waals surface area contributed by atoms with E-state index in [0.29, 0.717) is 22.8 Å². The average molecular weight is 398 g/mol. The Balaban J connectivity index is 1.90. The molecule has 0 saturated carbocycles. The third-order valence-corrected chi connectivity index (χ3v) is 6.24. The van der Waals surface area contributed by atoms with Gasteiger partial charge in [-0.15, -0.1) is 0 Å². The molecule has 2 aromatic rings. The largest absolute Gasteiger partial charge is 0.477 e. The highest BCUT2D eigenvalue weighted by Crippen LogP contribution is 2.43. The van der Waals surface area contributed by atoms with E-state index in [9.17, 15) is 14.7 Å². The molecule has 0 aromatic heterocycles. The van der Waals surface area contributed by atoms with Crippen molar-refractivity contribution in [3.8, 4) is 0 Å². The van der Waals surface area contributed by atoms with Crippen molar-refractivity contribution < 1.29 is 14.7 Å². The van der Waals surface area contributed by atoms with Gasteiger partial charge in [0, 0.05) is 12.0 Å². The van der Waals surface area contributed by atoms with Crippen molar-refractivity contribution in [2.45, 2.75) is 32.1 Å². The summed E-state index contributed by atoms with van der Waals surface area (Å²) in [5.74, 6) is 4.72. The molecule has 2 aliphatic rings. The number of aryl methyl sites for hydroxylation is 1. The van der Waals surface area contributed by atoms with Crippen LogP contribution in [0.15, 0.2) is 48.2 Å². The number of carboxylic acids is 1. The molecule has 0 spiro atoms. The molecule has 1 aliphatic carbocycles. The molecule has 1 aliphatic heterocycles. The minimum atomic E-state index is -1.27. The minimum absolute atomic E-state index is 0.0797. The van der Waals surface area contributed by atoms with E-state index >= 15 is 0 Å². The van der Waals surface area contributed by atoms with Crippen LogP contribution >= 0.6 is 11.6 Å². The van der Waals surface area contributed by atoms with E-state index in [1.54, 1.807) is 12.1 Å². The average Bonchev–Trinajstić information content (AvgIpc) is 2.70. The second kappa shape index (κ2) is 6.85. The van der Waals surface area contributed by atoms with Crippen LogP contribution in [-0.2, 0) is 11.2 Å². The standard InChI is InChI=1S/C22H21ClN2O3/c1-2-25(24)12-18(22(27)28)21(26)17-10-16(19(23)11-20(17)25)15-9-5-7-13-6-3-4-8-14(13)15/h3-4,6,8,10-12,15H,2,5,7,9,24H2,1H3/p+1/t15?,25-/m0/s1. The van der Waals surface area contributed by atoms with Gasteiger partial charge in [-0.25, -0.2) is 4.79 Å². The molecule has 3 N–H and O–H groups in total. The summed E-state index contributed by atoms with van der Waals surface area (Å²) in [5, 5.41) is 10.0. The Morgan fingerprint density at radius 2 is 2.04 bits per heavy atom. The van der Waals surface area contributed by atoms with Crippen LogP contribution < -0.4 is 10.4 Å². The van der Waals surface area contributed by atoms with E-state index in [0.717, 1.165) is 24.8 Å². The maximum Gasteiger partial charge on any atom is 0.345 e. The number of benzene rings is 2. The number of nitrogens with zero attached hydrogens (tertiary/aromatic N) is 1. The Hall–Kier alpha value is -2.47. The van der Waals surface area contributed by atoms with Crippen molar-refractivity contribution in [2.24, 2.45) is 5.84 Å². The second-order valence-electron chi connectivity index (χ2n) is 7.46. The molecule has 2 aromatic carbocycles. The number of carbonyl (C=O) groups is 2. The quantitative estimate of drug-likeness (QED) is 0.462. The molecule has 4 rings (SSSR count). The molecule has 0 amide bonds. The van der Waals surface area contributed by atoms with Gasteiger partial charge in [0.25, 0.3) is 0 Å². The summed E-state index contributed by atoms with van der Waals surface area (Å²) < 4.78 is -0.260. The second-order valence-corrected chi connectivity index (χ2v) is 7.87. The SMILES string of the molecule is CC[N@+]1(N)C=C(C(=O)O)C(=O)c2cc(C3CCCc4ccccc43)c(Cl)cc21. The molecule has 2 atom stereocenters. The van der Waals surface area contributed by atoms with Crippen LogP contribution in [0, 0.1) is 0 Å². The van der Waals surface area contributed by atoms with Crippen LogP contribution in [0.1, 0.15) is 52.7 Å². The minimum Gasteiger partial charge on any atom is -0.477 e. The van der Waals surface area contributed by atoms with Crippen molar-refractivity contribution >= 4 is 29.0 Å². The van der Waals surface area contributed by atoms with Gasteiger partial charge in [0.05, 0.1) is 10.6 Å². The molecule has 0 bridgehead atoms. The lowest BCUT2D eigenvalue weighted by atomic mass is 9.78. The summed E-state index contributed by atoms with van der Waals surface area (Å²) >= 11 is 6.68. The maximum atomic E-state index is 12.9. The van der Waals surface area contributed by atoms with Gasteiger partial charge in [-0.05, 0) is 48.9 Å². The summed E-state index contributed by atoms with van der Waals surface area (Å²) in [7, 11) is 0. The monoisotopic (exact) mass is 397 g/mol. The molecule has 1 heterocycles. The molecule has 28 heavy (non-hydrogen) atoms. The fourth-order valence-corrected chi connectivity index (χ4v) is 4.66. The van der Waals surface area contributed by atoms with Gasteiger partial charge in [-0.2, -0.15) is 10.4 Å². The van der Waals surface area contributed by atoms with Crippen molar-refractivity contribution in [3.63, 3.8) is 0 Å². The zero-order chi connectivity index (χ0) is 20.1. The van der Waals surface area contributed by atoms with Gasteiger partial charge in [0.2, 0.25) is 5.78 Å². The number of rotatable bonds is 3. The Bertz CT molecular complexity index is 1030. The number of ketones is 1. The maximum absolute atomic E-state index is 12.9. The molecular formula is C22H22ClN2O3+. The van der Waals surface area contributed by atoms with Crippen molar-refractivity contribution in [3.05, 3.63) is 75.4 Å². The highest BCUT2D eigenvalue weighted by molar-refractivity contribution is 6.33. The first-order valence-electron chi connectivity index (χ1n) is 9.44.